The van der Waals surface area contributed by atoms with Gasteiger partial charge in [0.1, 0.15) is 0 Å². The van der Waals surface area contributed by atoms with E-state index in [2.05, 4.69) is 15.6 Å². The SMILES string of the molecule is COc1ccc(C(=O)NNC(=O)CCNS(=O)(=O)c2cc(C)ccc2C)cc1OC. The van der Waals surface area contributed by atoms with E-state index < -0.39 is 21.8 Å². The van der Waals surface area contributed by atoms with Gasteiger partial charge in [-0.05, 0) is 49.2 Å². The molecule has 0 aliphatic rings. The molecule has 2 aromatic rings. The first-order valence-electron chi connectivity index (χ1n) is 9.06. The number of nitrogens with one attached hydrogen (secondary N) is 3. The third-order valence-corrected chi connectivity index (χ3v) is 5.84. The van der Waals surface area contributed by atoms with Crippen LogP contribution in [0.4, 0.5) is 0 Å². The maximum atomic E-state index is 12.4. The molecule has 162 valence electrons. The number of aryl methyl sites for hydroxylation is 2. The highest BCUT2D eigenvalue weighted by Gasteiger charge is 2.17. The summed E-state index contributed by atoms with van der Waals surface area (Å²) in [6.07, 6.45) is -0.156. The van der Waals surface area contributed by atoms with E-state index in [0.29, 0.717) is 17.1 Å². The number of benzene rings is 2. The van der Waals surface area contributed by atoms with Crippen molar-refractivity contribution in [3.05, 3.63) is 53.1 Å². The Bertz CT molecular complexity index is 1040. The molecular weight excluding hydrogens is 410 g/mol. The van der Waals surface area contributed by atoms with Crippen molar-refractivity contribution < 1.29 is 27.5 Å². The van der Waals surface area contributed by atoms with Gasteiger partial charge in [-0.25, -0.2) is 13.1 Å². The second kappa shape index (κ2) is 10.1. The van der Waals surface area contributed by atoms with Gasteiger partial charge in [-0.2, -0.15) is 0 Å². The monoisotopic (exact) mass is 435 g/mol. The maximum Gasteiger partial charge on any atom is 0.269 e. The minimum atomic E-state index is -3.74. The summed E-state index contributed by atoms with van der Waals surface area (Å²) < 4.78 is 37.5. The van der Waals surface area contributed by atoms with Gasteiger partial charge >= 0.3 is 0 Å². The van der Waals surface area contributed by atoms with Crippen LogP contribution in [0.2, 0.25) is 0 Å². The number of hydrazine groups is 1. The molecule has 0 heterocycles. The fourth-order valence-electron chi connectivity index (χ4n) is 2.61. The average Bonchev–Trinajstić information content (AvgIpc) is 2.72. The fourth-order valence-corrected chi connectivity index (χ4v) is 3.97. The summed E-state index contributed by atoms with van der Waals surface area (Å²) in [6.45, 7) is 3.38. The van der Waals surface area contributed by atoms with Crippen LogP contribution in [-0.4, -0.2) is 41.0 Å². The normalized spacial score (nSPS) is 10.9. The zero-order valence-corrected chi connectivity index (χ0v) is 18.1. The number of carbonyl (C=O) groups is 2. The standard InChI is InChI=1S/C20H25N3O6S/c1-13-5-6-14(2)18(11-13)30(26,27)21-10-9-19(24)22-23-20(25)15-7-8-16(28-3)17(12-15)29-4/h5-8,11-12,21H,9-10H2,1-4H3,(H,22,24)(H,23,25). The topological polar surface area (TPSA) is 123 Å². The molecule has 0 radical (unpaired) electrons. The smallest absolute Gasteiger partial charge is 0.269 e. The van der Waals surface area contributed by atoms with Crippen LogP contribution in [0.15, 0.2) is 41.3 Å². The summed E-state index contributed by atoms with van der Waals surface area (Å²) in [7, 11) is -0.817. The largest absolute Gasteiger partial charge is 0.493 e. The van der Waals surface area contributed by atoms with Crippen LogP contribution in [0.25, 0.3) is 0 Å². The number of sulfonamides is 1. The lowest BCUT2D eigenvalue weighted by Gasteiger charge is -2.12. The van der Waals surface area contributed by atoms with E-state index in [1.807, 2.05) is 6.07 Å². The van der Waals surface area contributed by atoms with Gasteiger partial charge in [-0.3, -0.25) is 20.4 Å². The van der Waals surface area contributed by atoms with Crippen molar-refractivity contribution in [2.24, 2.45) is 0 Å². The molecule has 2 aromatic carbocycles. The van der Waals surface area contributed by atoms with E-state index in [4.69, 9.17) is 9.47 Å². The van der Waals surface area contributed by atoms with Gasteiger partial charge in [0.2, 0.25) is 15.9 Å². The zero-order chi connectivity index (χ0) is 22.3. The Morgan fingerprint density at radius 2 is 1.63 bits per heavy atom. The van der Waals surface area contributed by atoms with E-state index in [0.717, 1.165) is 5.56 Å². The summed E-state index contributed by atoms with van der Waals surface area (Å²) in [5, 5.41) is 0. The predicted octanol–water partition coefficient (Wildman–Crippen LogP) is 1.45. The molecule has 0 saturated heterocycles. The summed E-state index contributed by atoms with van der Waals surface area (Å²) in [4.78, 5) is 24.3. The molecular formula is C20H25N3O6S. The van der Waals surface area contributed by atoms with E-state index in [9.17, 15) is 18.0 Å². The molecule has 0 atom stereocenters. The van der Waals surface area contributed by atoms with Gasteiger partial charge in [0.25, 0.3) is 5.91 Å². The van der Waals surface area contributed by atoms with Gasteiger partial charge < -0.3 is 9.47 Å². The Hall–Kier alpha value is -3.11. The maximum absolute atomic E-state index is 12.4. The van der Waals surface area contributed by atoms with Crippen molar-refractivity contribution in [1.82, 2.24) is 15.6 Å². The number of amides is 2. The number of methoxy groups -OCH3 is 2. The third-order valence-electron chi connectivity index (χ3n) is 4.24. The molecule has 0 bridgehead atoms. The number of hydrogen-bond acceptors (Lipinski definition) is 6. The van der Waals surface area contributed by atoms with Gasteiger partial charge in [-0.15, -0.1) is 0 Å². The Kier molecular flexibility index (Phi) is 7.79. The Labute approximate surface area is 175 Å². The first kappa shape index (κ1) is 23.2. The molecule has 0 spiro atoms. The highest BCUT2D eigenvalue weighted by atomic mass is 32.2. The lowest BCUT2D eigenvalue weighted by Crippen LogP contribution is -2.42. The quantitative estimate of drug-likeness (QED) is 0.540. The molecule has 0 saturated carbocycles. The number of carbonyl (C=O) groups excluding carboxylic acids is 2. The average molecular weight is 436 g/mol. The highest BCUT2D eigenvalue weighted by Crippen LogP contribution is 2.27. The molecule has 2 amide bonds. The molecule has 3 N–H and O–H groups in total. The fraction of sp³-hybridized carbons (Fsp3) is 0.300. The van der Waals surface area contributed by atoms with E-state index in [-0.39, 0.29) is 23.4 Å². The van der Waals surface area contributed by atoms with Gasteiger partial charge in [0.15, 0.2) is 11.5 Å². The van der Waals surface area contributed by atoms with Gasteiger partial charge in [0.05, 0.1) is 19.1 Å². The Balaban J connectivity index is 1.86. The molecule has 30 heavy (non-hydrogen) atoms. The second-order valence-electron chi connectivity index (χ2n) is 6.49. The first-order chi connectivity index (χ1) is 14.2. The minimum absolute atomic E-state index is 0.117. The Morgan fingerprint density at radius 1 is 0.933 bits per heavy atom. The van der Waals surface area contributed by atoms with Gasteiger partial charge in [-0.1, -0.05) is 12.1 Å². The number of rotatable bonds is 8. The molecule has 0 aliphatic heterocycles. The summed E-state index contributed by atoms with van der Waals surface area (Å²) in [6, 6.07) is 9.67. The van der Waals surface area contributed by atoms with Gasteiger partial charge in [0, 0.05) is 18.5 Å². The molecule has 9 nitrogen and oxygen atoms in total. The predicted molar refractivity (Wildman–Crippen MR) is 111 cm³/mol. The summed E-state index contributed by atoms with van der Waals surface area (Å²) >= 11 is 0. The first-order valence-corrected chi connectivity index (χ1v) is 10.5. The lowest BCUT2D eigenvalue weighted by atomic mass is 10.2. The van der Waals surface area contributed by atoms with Crippen LogP contribution in [0.3, 0.4) is 0 Å². The van der Waals surface area contributed by atoms with Crippen LogP contribution < -0.4 is 25.0 Å². The van der Waals surface area contributed by atoms with Crippen molar-refractivity contribution in [3.63, 3.8) is 0 Å². The summed E-state index contributed by atoms with van der Waals surface area (Å²) in [5.74, 6) is -0.265. The molecule has 0 unspecified atom stereocenters. The highest BCUT2D eigenvalue weighted by molar-refractivity contribution is 7.89. The molecule has 0 aliphatic carbocycles. The van der Waals surface area contributed by atoms with Crippen molar-refractivity contribution in [2.45, 2.75) is 25.2 Å². The van der Waals surface area contributed by atoms with Crippen LogP contribution in [0.1, 0.15) is 27.9 Å². The molecule has 0 fully saturated rings. The van der Waals surface area contributed by atoms with Crippen LogP contribution in [-0.2, 0) is 14.8 Å². The lowest BCUT2D eigenvalue weighted by molar-refractivity contribution is -0.121. The van der Waals surface area contributed by atoms with Crippen LogP contribution in [0, 0.1) is 13.8 Å². The Morgan fingerprint density at radius 3 is 2.30 bits per heavy atom. The van der Waals surface area contributed by atoms with E-state index >= 15 is 0 Å². The van der Waals surface area contributed by atoms with Crippen LogP contribution >= 0.6 is 0 Å². The molecule has 2 rings (SSSR count). The zero-order valence-electron chi connectivity index (χ0n) is 17.2. The molecule has 0 aromatic heterocycles. The van der Waals surface area contributed by atoms with Crippen molar-refractivity contribution >= 4 is 21.8 Å². The van der Waals surface area contributed by atoms with E-state index in [1.165, 1.54) is 26.4 Å². The van der Waals surface area contributed by atoms with Crippen LogP contribution in [0.5, 0.6) is 11.5 Å². The minimum Gasteiger partial charge on any atom is -0.493 e. The summed E-state index contributed by atoms with van der Waals surface area (Å²) in [5.41, 5.74) is 6.20. The third kappa shape index (κ3) is 5.94. The van der Waals surface area contributed by atoms with Crippen molar-refractivity contribution in [2.75, 3.05) is 20.8 Å². The second-order valence-corrected chi connectivity index (χ2v) is 8.22. The number of ether oxygens (including phenoxy) is 2. The van der Waals surface area contributed by atoms with Crippen molar-refractivity contribution in [1.29, 1.82) is 0 Å². The number of hydrogen-bond donors (Lipinski definition) is 3. The van der Waals surface area contributed by atoms with Crippen molar-refractivity contribution in [3.8, 4) is 11.5 Å². The molecule has 10 heteroatoms. The van der Waals surface area contributed by atoms with E-state index in [1.54, 1.807) is 32.0 Å².